The lowest BCUT2D eigenvalue weighted by Gasteiger charge is -2.32. The highest BCUT2D eigenvalue weighted by Gasteiger charge is 2.30. The number of hydrogen-bond acceptors (Lipinski definition) is 3. The van der Waals surface area contributed by atoms with E-state index in [9.17, 15) is 18.3 Å². The van der Waals surface area contributed by atoms with Gasteiger partial charge in [-0.25, -0.2) is 0 Å². The number of rotatable bonds is 7. The number of benzene rings is 1. The minimum Gasteiger partial charge on any atom is -0.389 e. The van der Waals surface area contributed by atoms with Gasteiger partial charge < -0.3 is 5.11 Å². The third-order valence-corrected chi connectivity index (χ3v) is 5.47. The molecule has 0 saturated heterocycles. The Hall–Kier alpha value is -0.330. The third kappa shape index (κ3) is 17.1. The first-order chi connectivity index (χ1) is 13.1. The third-order valence-electron chi connectivity index (χ3n) is 4.65. The van der Waals surface area contributed by atoms with Gasteiger partial charge in [0.1, 0.15) is 0 Å². The number of thiol groups is 2. The molecule has 0 aliphatic rings. The zero-order chi connectivity index (χ0) is 23.3. The lowest BCUT2D eigenvalue weighted by molar-refractivity contribution is -0.134. The fourth-order valence-electron chi connectivity index (χ4n) is 2.24. The average molecular weight is 455 g/mol. The Morgan fingerprint density at radius 2 is 1.38 bits per heavy atom. The Labute approximate surface area is 187 Å². The quantitative estimate of drug-likeness (QED) is 0.353. The highest BCUT2D eigenvalue weighted by molar-refractivity contribution is 7.81. The molecule has 0 unspecified atom stereocenters. The molecule has 0 aliphatic heterocycles. The minimum atomic E-state index is -3.95. The molecule has 0 spiro atoms. The van der Waals surface area contributed by atoms with Crippen molar-refractivity contribution in [2.45, 2.75) is 114 Å². The molecule has 0 bridgehead atoms. The second-order valence-electron chi connectivity index (χ2n) is 8.35. The van der Waals surface area contributed by atoms with Gasteiger partial charge in [0.15, 0.2) is 0 Å². The van der Waals surface area contributed by atoms with Crippen molar-refractivity contribution in [3.8, 4) is 0 Å². The molecular weight excluding hydrogens is 413 g/mol. The molecule has 172 valence electrons. The molecule has 0 radical (unpaired) electrons. The maximum atomic E-state index is 11.1. The molecule has 0 aromatic heterocycles. The molecule has 29 heavy (non-hydrogen) atoms. The molecule has 6 heteroatoms. The normalized spacial score (nSPS) is 12.1. The standard InChI is InChI=1S/C13H20S.C6H14OS.C4H7F3/c1-3-6-11(7-4-2)12-8-5-9-13(14)10-12;1-5(2,7)6(3,4)8;1-2-3-4(5,6)7/h5,8-11,14H,3-4,6-7H2,1-2H3;7-8H,1-4H3;2-3H2,1H3. The predicted molar refractivity (Wildman–Crippen MR) is 127 cm³/mol. The SMILES string of the molecule is CC(C)(O)C(C)(C)S.CCCC(CCC)c1cccc(S)c1.CCCC(F)(F)F. The van der Waals surface area contributed by atoms with Crippen LogP contribution < -0.4 is 0 Å². The number of halogens is 3. The van der Waals surface area contributed by atoms with Crippen molar-refractivity contribution in [1.29, 1.82) is 0 Å². The summed E-state index contributed by atoms with van der Waals surface area (Å²) < 4.78 is 32.9. The second-order valence-corrected chi connectivity index (χ2v) is 9.99. The van der Waals surface area contributed by atoms with Crippen LogP contribution >= 0.6 is 25.3 Å². The summed E-state index contributed by atoms with van der Waals surface area (Å²) in [5.41, 5.74) is 0.761. The van der Waals surface area contributed by atoms with Gasteiger partial charge in [-0.15, -0.1) is 12.6 Å². The highest BCUT2D eigenvalue weighted by atomic mass is 32.1. The van der Waals surface area contributed by atoms with E-state index in [1.807, 2.05) is 19.9 Å². The summed E-state index contributed by atoms with van der Waals surface area (Å²) in [6.07, 6.45) is 0.699. The fourth-order valence-corrected chi connectivity index (χ4v) is 2.47. The van der Waals surface area contributed by atoms with E-state index in [-0.39, 0.29) is 11.2 Å². The van der Waals surface area contributed by atoms with E-state index in [2.05, 4.69) is 57.3 Å². The van der Waals surface area contributed by atoms with E-state index in [0.717, 1.165) is 10.8 Å². The van der Waals surface area contributed by atoms with Crippen molar-refractivity contribution in [3.63, 3.8) is 0 Å². The van der Waals surface area contributed by atoms with E-state index in [1.54, 1.807) is 13.8 Å². The van der Waals surface area contributed by atoms with E-state index in [4.69, 9.17) is 0 Å². The molecule has 1 nitrogen and oxygen atoms in total. The topological polar surface area (TPSA) is 20.2 Å². The van der Waals surface area contributed by atoms with Crippen molar-refractivity contribution in [1.82, 2.24) is 0 Å². The summed E-state index contributed by atoms with van der Waals surface area (Å²) in [6.45, 7) is 13.3. The van der Waals surface area contributed by atoms with Crippen LogP contribution in [0.4, 0.5) is 13.2 Å². The van der Waals surface area contributed by atoms with Gasteiger partial charge in [0.25, 0.3) is 0 Å². The first-order valence-corrected chi connectivity index (χ1v) is 11.3. The van der Waals surface area contributed by atoms with Gasteiger partial charge in [-0.05, 0) is 70.6 Å². The molecule has 0 atom stereocenters. The maximum Gasteiger partial charge on any atom is 0.389 e. The zero-order valence-electron chi connectivity index (χ0n) is 19.1. The smallest absolute Gasteiger partial charge is 0.389 e. The van der Waals surface area contributed by atoms with Gasteiger partial charge in [0.2, 0.25) is 0 Å². The molecule has 1 rings (SSSR count). The van der Waals surface area contributed by atoms with E-state index in [0.29, 0.717) is 0 Å². The van der Waals surface area contributed by atoms with Crippen LogP contribution in [0.15, 0.2) is 29.2 Å². The van der Waals surface area contributed by atoms with Crippen LogP contribution in [-0.2, 0) is 0 Å². The molecule has 1 aromatic carbocycles. The fraction of sp³-hybridized carbons (Fsp3) is 0.739. The largest absolute Gasteiger partial charge is 0.389 e. The summed E-state index contributed by atoms with van der Waals surface area (Å²) in [5, 5.41) is 9.28. The summed E-state index contributed by atoms with van der Waals surface area (Å²) in [6, 6.07) is 8.59. The molecule has 1 N–H and O–H groups in total. The van der Waals surface area contributed by atoms with Crippen LogP contribution in [0.5, 0.6) is 0 Å². The Kier molecular flexibility index (Phi) is 15.6. The van der Waals surface area contributed by atoms with Crippen LogP contribution in [0.3, 0.4) is 0 Å². The second kappa shape index (κ2) is 14.6. The minimum absolute atomic E-state index is 0.184. The van der Waals surface area contributed by atoms with E-state index >= 15 is 0 Å². The average Bonchev–Trinajstić information content (AvgIpc) is 2.53. The van der Waals surface area contributed by atoms with Gasteiger partial charge in [0, 0.05) is 16.1 Å². The van der Waals surface area contributed by atoms with E-state index in [1.165, 1.54) is 38.2 Å². The van der Waals surface area contributed by atoms with Crippen LogP contribution in [0.2, 0.25) is 0 Å². The summed E-state index contributed by atoms with van der Waals surface area (Å²) >= 11 is 8.57. The Morgan fingerprint density at radius 3 is 1.62 bits per heavy atom. The van der Waals surface area contributed by atoms with Crippen molar-refractivity contribution in [3.05, 3.63) is 29.8 Å². The first kappa shape index (κ1) is 30.9. The van der Waals surface area contributed by atoms with Gasteiger partial charge in [0.05, 0.1) is 5.60 Å². The predicted octanol–water partition coefficient (Wildman–Crippen LogP) is 8.47. The summed E-state index contributed by atoms with van der Waals surface area (Å²) in [4.78, 5) is 1.08. The lowest BCUT2D eigenvalue weighted by Crippen LogP contribution is -2.40. The highest BCUT2D eigenvalue weighted by Crippen LogP contribution is 2.28. The van der Waals surface area contributed by atoms with Crippen LogP contribution in [0.25, 0.3) is 0 Å². The first-order valence-electron chi connectivity index (χ1n) is 10.4. The maximum absolute atomic E-state index is 11.1. The van der Waals surface area contributed by atoms with Crippen LogP contribution in [0, 0.1) is 0 Å². The number of hydrogen-bond donors (Lipinski definition) is 3. The van der Waals surface area contributed by atoms with E-state index < -0.39 is 18.2 Å². The zero-order valence-corrected chi connectivity index (χ0v) is 20.9. The molecular formula is C23H41F3OS2. The Balaban J connectivity index is 0. The van der Waals surface area contributed by atoms with Crippen molar-refractivity contribution < 1.29 is 18.3 Å². The van der Waals surface area contributed by atoms with Gasteiger partial charge in [-0.3, -0.25) is 0 Å². The number of aliphatic hydroxyl groups is 1. The molecule has 0 saturated carbocycles. The van der Waals surface area contributed by atoms with Crippen molar-refractivity contribution in [2.75, 3.05) is 0 Å². The summed E-state index contributed by atoms with van der Waals surface area (Å²) in [7, 11) is 0. The van der Waals surface area contributed by atoms with Crippen molar-refractivity contribution in [2.24, 2.45) is 0 Å². The van der Waals surface area contributed by atoms with Gasteiger partial charge in [-0.1, -0.05) is 45.7 Å². The van der Waals surface area contributed by atoms with Gasteiger partial charge in [-0.2, -0.15) is 25.8 Å². The van der Waals surface area contributed by atoms with Gasteiger partial charge >= 0.3 is 6.18 Å². The summed E-state index contributed by atoms with van der Waals surface area (Å²) in [5.74, 6) is 0.733. The van der Waals surface area contributed by atoms with Crippen LogP contribution in [-0.4, -0.2) is 21.6 Å². The molecule has 0 aliphatic carbocycles. The Bertz CT molecular complexity index is 514. The molecule has 1 aromatic rings. The molecule has 0 heterocycles. The monoisotopic (exact) mass is 454 g/mol. The Morgan fingerprint density at radius 1 is 0.931 bits per heavy atom. The van der Waals surface area contributed by atoms with Crippen LogP contribution in [0.1, 0.15) is 98.5 Å². The molecule has 0 amide bonds. The lowest BCUT2D eigenvalue weighted by atomic mass is 9.90. The number of alkyl halides is 3. The molecule has 0 fully saturated rings. The van der Waals surface area contributed by atoms with Crippen molar-refractivity contribution >= 4 is 25.3 Å².